The van der Waals surface area contributed by atoms with Crippen LogP contribution < -0.4 is 0 Å². The summed E-state index contributed by atoms with van der Waals surface area (Å²) in [5.41, 5.74) is 3.68. The average Bonchev–Trinajstić information content (AvgIpc) is 2.94. The van der Waals surface area contributed by atoms with Crippen LogP contribution in [0.3, 0.4) is 0 Å². The number of carbonyl (C=O) groups is 1. The molecule has 5 atom stereocenters. The van der Waals surface area contributed by atoms with Crippen molar-refractivity contribution in [1.82, 2.24) is 0 Å². The molecule has 5 unspecified atom stereocenters. The highest BCUT2D eigenvalue weighted by Gasteiger charge is 2.43. The van der Waals surface area contributed by atoms with E-state index in [4.69, 9.17) is 4.74 Å². The lowest BCUT2D eigenvalue weighted by molar-refractivity contribution is -0.148. The van der Waals surface area contributed by atoms with Crippen LogP contribution in [0.5, 0.6) is 0 Å². The van der Waals surface area contributed by atoms with Gasteiger partial charge in [0.15, 0.2) is 0 Å². The zero-order chi connectivity index (χ0) is 14.4. The van der Waals surface area contributed by atoms with Crippen LogP contribution in [0.1, 0.15) is 71.1 Å². The van der Waals surface area contributed by atoms with E-state index in [1.165, 1.54) is 51.4 Å². The van der Waals surface area contributed by atoms with E-state index in [1.54, 1.807) is 12.5 Å². The molecule has 0 aromatic heterocycles. The molecule has 0 saturated heterocycles. The Bertz CT molecular complexity index is 464. The second-order valence-corrected chi connectivity index (χ2v) is 7.83. The van der Waals surface area contributed by atoms with Gasteiger partial charge in [0.1, 0.15) is 6.10 Å². The third kappa shape index (κ3) is 2.45. The van der Waals surface area contributed by atoms with Crippen molar-refractivity contribution in [3.05, 3.63) is 11.1 Å². The molecule has 2 heteroatoms. The normalized spacial score (nSPS) is 42.0. The summed E-state index contributed by atoms with van der Waals surface area (Å²) in [6, 6.07) is 0. The van der Waals surface area contributed by atoms with E-state index in [0.717, 1.165) is 36.5 Å². The van der Waals surface area contributed by atoms with Crippen molar-refractivity contribution >= 4 is 5.97 Å². The molecule has 0 aliphatic heterocycles. The first-order valence-corrected chi connectivity index (χ1v) is 9.11. The van der Waals surface area contributed by atoms with Gasteiger partial charge in [-0.2, -0.15) is 0 Å². The lowest BCUT2D eigenvalue weighted by atomic mass is 9.61. The van der Waals surface area contributed by atoms with Crippen molar-refractivity contribution in [3.8, 4) is 0 Å². The van der Waals surface area contributed by atoms with Crippen LogP contribution in [0.15, 0.2) is 11.1 Å². The van der Waals surface area contributed by atoms with Gasteiger partial charge in [0, 0.05) is 6.92 Å². The molecule has 0 heterocycles. The van der Waals surface area contributed by atoms with Gasteiger partial charge < -0.3 is 4.74 Å². The van der Waals surface area contributed by atoms with Crippen molar-refractivity contribution in [3.63, 3.8) is 0 Å². The van der Waals surface area contributed by atoms with Crippen LogP contribution in [0.4, 0.5) is 0 Å². The summed E-state index contributed by atoms with van der Waals surface area (Å²) in [5, 5.41) is 0. The van der Waals surface area contributed by atoms with Crippen molar-refractivity contribution in [2.75, 3.05) is 0 Å². The molecule has 0 spiro atoms. The van der Waals surface area contributed by atoms with Crippen LogP contribution in [0.25, 0.3) is 0 Å². The molecule has 21 heavy (non-hydrogen) atoms. The van der Waals surface area contributed by atoms with E-state index in [-0.39, 0.29) is 12.1 Å². The maximum atomic E-state index is 11.2. The summed E-state index contributed by atoms with van der Waals surface area (Å²) < 4.78 is 5.48. The van der Waals surface area contributed by atoms with Crippen molar-refractivity contribution < 1.29 is 9.53 Å². The molecule has 4 aliphatic rings. The van der Waals surface area contributed by atoms with E-state index >= 15 is 0 Å². The molecule has 4 aliphatic carbocycles. The summed E-state index contributed by atoms with van der Waals surface area (Å²) in [7, 11) is 0. The van der Waals surface area contributed by atoms with E-state index in [9.17, 15) is 4.79 Å². The first kappa shape index (κ1) is 13.8. The third-order valence-corrected chi connectivity index (χ3v) is 6.81. The van der Waals surface area contributed by atoms with Gasteiger partial charge in [-0.3, -0.25) is 4.79 Å². The Hall–Kier alpha value is -0.790. The number of carbonyl (C=O) groups excluding carboxylic acids is 1. The van der Waals surface area contributed by atoms with Crippen LogP contribution in [-0.2, 0) is 9.53 Å². The maximum absolute atomic E-state index is 11.2. The van der Waals surface area contributed by atoms with Crippen LogP contribution in [0.2, 0.25) is 0 Å². The molecule has 3 saturated carbocycles. The molecule has 0 aromatic carbocycles. The molecule has 0 bridgehead atoms. The fourth-order valence-electron chi connectivity index (χ4n) is 6.06. The highest BCUT2D eigenvalue weighted by molar-refractivity contribution is 5.66. The first-order valence-electron chi connectivity index (χ1n) is 9.11. The van der Waals surface area contributed by atoms with Crippen molar-refractivity contribution in [2.45, 2.75) is 77.2 Å². The molecular formula is C19H28O2. The number of hydrogen-bond acceptors (Lipinski definition) is 2. The first-order chi connectivity index (χ1) is 10.2. The SMILES string of the molecule is CC(=O)OC1CCC2=C3CCC4CCCC4C3CCC2C1. The van der Waals surface area contributed by atoms with Gasteiger partial charge in [-0.15, -0.1) is 0 Å². The van der Waals surface area contributed by atoms with Gasteiger partial charge in [-0.25, -0.2) is 0 Å². The lowest BCUT2D eigenvalue weighted by Crippen LogP contribution is -2.35. The zero-order valence-electron chi connectivity index (χ0n) is 13.3. The number of ether oxygens (including phenoxy) is 1. The summed E-state index contributed by atoms with van der Waals surface area (Å²) in [5.74, 6) is 3.63. The van der Waals surface area contributed by atoms with Gasteiger partial charge in [0.2, 0.25) is 0 Å². The topological polar surface area (TPSA) is 26.3 Å². The minimum absolute atomic E-state index is 0.101. The second-order valence-electron chi connectivity index (χ2n) is 7.83. The fraction of sp³-hybridized carbons (Fsp3) is 0.842. The monoisotopic (exact) mass is 288 g/mol. The molecule has 116 valence electrons. The molecular weight excluding hydrogens is 260 g/mol. The predicted molar refractivity (Wildman–Crippen MR) is 82.7 cm³/mol. The van der Waals surface area contributed by atoms with Gasteiger partial charge in [-0.1, -0.05) is 24.0 Å². The Labute approximate surface area is 128 Å². The van der Waals surface area contributed by atoms with Gasteiger partial charge in [0.25, 0.3) is 0 Å². The summed E-state index contributed by atoms with van der Waals surface area (Å²) >= 11 is 0. The smallest absolute Gasteiger partial charge is 0.302 e. The fourth-order valence-corrected chi connectivity index (χ4v) is 6.06. The van der Waals surface area contributed by atoms with E-state index in [0.29, 0.717) is 0 Å². The highest BCUT2D eigenvalue weighted by Crippen LogP contribution is 2.55. The van der Waals surface area contributed by atoms with E-state index in [1.807, 2.05) is 5.57 Å². The van der Waals surface area contributed by atoms with E-state index < -0.39 is 0 Å². The Morgan fingerprint density at radius 3 is 2.71 bits per heavy atom. The molecule has 2 nitrogen and oxygen atoms in total. The van der Waals surface area contributed by atoms with Gasteiger partial charge in [0.05, 0.1) is 0 Å². The Kier molecular flexibility index (Phi) is 3.59. The minimum Gasteiger partial charge on any atom is -0.463 e. The number of allylic oxidation sites excluding steroid dienone is 2. The predicted octanol–water partition coefficient (Wildman–Crippen LogP) is 4.63. The quantitative estimate of drug-likeness (QED) is 0.519. The Morgan fingerprint density at radius 2 is 1.86 bits per heavy atom. The second kappa shape index (κ2) is 5.44. The molecule has 3 fully saturated rings. The molecule has 0 amide bonds. The average molecular weight is 288 g/mol. The molecule has 0 aromatic rings. The van der Waals surface area contributed by atoms with Crippen molar-refractivity contribution in [2.24, 2.45) is 23.7 Å². The van der Waals surface area contributed by atoms with Crippen LogP contribution >= 0.6 is 0 Å². The molecule has 4 rings (SSSR count). The standard InChI is InChI=1S/C19H28O2/c1-12(20)21-15-7-10-17-14(11-15)6-9-18-16-4-2-3-13(16)5-8-19(17)18/h13-16,18H,2-11H2,1H3. The maximum Gasteiger partial charge on any atom is 0.302 e. The summed E-state index contributed by atoms with van der Waals surface area (Å²) in [6.45, 7) is 1.55. The summed E-state index contributed by atoms with van der Waals surface area (Å²) in [4.78, 5) is 11.2. The summed E-state index contributed by atoms with van der Waals surface area (Å²) in [6.07, 6.45) is 13.6. The van der Waals surface area contributed by atoms with Gasteiger partial charge >= 0.3 is 5.97 Å². The number of rotatable bonds is 1. The number of hydrogen-bond donors (Lipinski definition) is 0. The number of fused-ring (bicyclic) bond motifs is 4. The Morgan fingerprint density at radius 1 is 1.00 bits per heavy atom. The minimum atomic E-state index is -0.101. The van der Waals surface area contributed by atoms with Crippen LogP contribution in [0, 0.1) is 23.7 Å². The number of esters is 1. The zero-order valence-corrected chi connectivity index (χ0v) is 13.3. The highest BCUT2D eigenvalue weighted by atomic mass is 16.5. The van der Waals surface area contributed by atoms with E-state index in [2.05, 4.69) is 0 Å². The van der Waals surface area contributed by atoms with Crippen molar-refractivity contribution in [1.29, 1.82) is 0 Å². The molecule has 0 radical (unpaired) electrons. The Balaban J connectivity index is 1.53. The molecule has 0 N–H and O–H groups in total. The largest absolute Gasteiger partial charge is 0.463 e. The lowest BCUT2D eigenvalue weighted by Gasteiger charge is -2.45. The van der Waals surface area contributed by atoms with Gasteiger partial charge in [-0.05, 0) is 75.0 Å². The third-order valence-electron chi connectivity index (χ3n) is 6.81. The van der Waals surface area contributed by atoms with Crippen LogP contribution in [-0.4, -0.2) is 12.1 Å².